The van der Waals surface area contributed by atoms with E-state index in [1.165, 1.54) is 0 Å². The second-order valence-corrected chi connectivity index (χ2v) is 10.6. The number of carbonyl (C=O) groups excluding carboxylic acids is 1. The van der Waals surface area contributed by atoms with Gasteiger partial charge < -0.3 is 29.7 Å². The van der Waals surface area contributed by atoms with Gasteiger partial charge >= 0.3 is 0 Å². The molecule has 2 aromatic heterocycles. The van der Waals surface area contributed by atoms with E-state index in [9.17, 15) is 18.7 Å². The van der Waals surface area contributed by atoms with Crippen LogP contribution < -0.4 is 15.0 Å². The SMILES string of the molecule is CC(C)Cc1nc(-c2cnc(N3CCC(CCCOc4cc(F)c(C(=O)NCC(O)CO)c(F)c4)CC3)nc2)no1. The van der Waals surface area contributed by atoms with Crippen molar-refractivity contribution >= 4 is 11.9 Å². The van der Waals surface area contributed by atoms with Crippen LogP contribution in [-0.2, 0) is 6.42 Å². The summed E-state index contributed by atoms with van der Waals surface area (Å²) < 4.78 is 39.6. The van der Waals surface area contributed by atoms with Crippen molar-refractivity contribution < 1.29 is 33.0 Å². The predicted molar refractivity (Wildman–Crippen MR) is 145 cm³/mol. The molecule has 0 spiro atoms. The zero-order chi connectivity index (χ0) is 29.4. The maximum Gasteiger partial charge on any atom is 0.257 e. The van der Waals surface area contributed by atoms with Crippen LogP contribution in [0.3, 0.4) is 0 Å². The summed E-state index contributed by atoms with van der Waals surface area (Å²) in [4.78, 5) is 27.6. The van der Waals surface area contributed by atoms with Crippen LogP contribution in [0.15, 0.2) is 29.0 Å². The quantitative estimate of drug-likeness (QED) is 0.260. The Balaban J connectivity index is 1.18. The fraction of sp³-hybridized carbons (Fsp3) is 0.536. The van der Waals surface area contributed by atoms with Gasteiger partial charge in [0.15, 0.2) is 0 Å². The molecule has 1 aliphatic heterocycles. The van der Waals surface area contributed by atoms with Crippen LogP contribution in [-0.4, -0.2) is 75.2 Å². The first-order chi connectivity index (χ1) is 19.7. The third-order valence-corrected chi connectivity index (χ3v) is 6.82. The van der Waals surface area contributed by atoms with Crippen molar-refractivity contribution in [3.8, 4) is 17.1 Å². The van der Waals surface area contributed by atoms with Crippen molar-refractivity contribution in [2.24, 2.45) is 11.8 Å². The Labute approximate surface area is 237 Å². The Kier molecular flexibility index (Phi) is 10.5. The van der Waals surface area contributed by atoms with Crippen molar-refractivity contribution in [2.75, 3.05) is 37.7 Å². The van der Waals surface area contributed by atoms with E-state index in [1.54, 1.807) is 12.4 Å². The molecule has 1 atom stereocenters. The van der Waals surface area contributed by atoms with E-state index in [4.69, 9.17) is 14.4 Å². The highest BCUT2D eigenvalue weighted by Crippen LogP contribution is 2.26. The zero-order valence-electron chi connectivity index (χ0n) is 23.2. The zero-order valence-corrected chi connectivity index (χ0v) is 23.2. The molecule has 41 heavy (non-hydrogen) atoms. The molecule has 0 radical (unpaired) electrons. The summed E-state index contributed by atoms with van der Waals surface area (Å²) >= 11 is 0. The summed E-state index contributed by atoms with van der Waals surface area (Å²) in [7, 11) is 0. The van der Waals surface area contributed by atoms with Gasteiger partial charge in [0.05, 0.1) is 24.9 Å². The maximum atomic E-state index is 14.4. The number of halogens is 2. The molecule has 0 bridgehead atoms. The number of hydrogen-bond donors (Lipinski definition) is 3. The predicted octanol–water partition coefficient (Wildman–Crippen LogP) is 3.16. The van der Waals surface area contributed by atoms with Gasteiger partial charge in [0.2, 0.25) is 17.7 Å². The van der Waals surface area contributed by atoms with Crippen LogP contribution >= 0.6 is 0 Å². The minimum absolute atomic E-state index is 0.000626. The number of nitrogens with zero attached hydrogens (tertiary/aromatic N) is 5. The number of amides is 1. The molecule has 11 nitrogen and oxygen atoms in total. The molecule has 4 rings (SSSR count). The molecule has 1 aromatic carbocycles. The van der Waals surface area contributed by atoms with Gasteiger partial charge in [-0.1, -0.05) is 19.0 Å². The van der Waals surface area contributed by atoms with Gasteiger partial charge in [-0.2, -0.15) is 4.98 Å². The maximum absolute atomic E-state index is 14.4. The van der Waals surface area contributed by atoms with Gasteiger partial charge in [0, 0.05) is 50.6 Å². The number of nitrogens with one attached hydrogen (secondary N) is 1. The molecular formula is C28H36F2N6O5. The number of aliphatic hydroxyl groups is 2. The van der Waals surface area contributed by atoms with Crippen molar-refractivity contribution in [2.45, 2.75) is 52.1 Å². The minimum atomic E-state index is -1.22. The standard InChI is InChI=1S/C28H36F2N6O5/c1-17(2)10-24-34-26(35-41-24)19-13-32-28(33-14-19)36-7-5-18(6-8-36)4-3-9-40-21-11-22(29)25(23(30)12-21)27(39)31-15-20(38)16-37/h11-14,17-18,20,37-38H,3-10,15-16H2,1-2H3,(H,31,39). The lowest BCUT2D eigenvalue weighted by atomic mass is 9.92. The minimum Gasteiger partial charge on any atom is -0.493 e. The Morgan fingerprint density at radius 1 is 1.20 bits per heavy atom. The molecule has 3 heterocycles. The summed E-state index contributed by atoms with van der Waals surface area (Å²) in [5, 5.41) is 24.3. The lowest BCUT2D eigenvalue weighted by Crippen LogP contribution is -2.35. The molecule has 1 unspecified atom stereocenters. The van der Waals surface area contributed by atoms with Gasteiger partial charge in [-0.05, 0) is 37.5 Å². The Morgan fingerprint density at radius 2 is 1.88 bits per heavy atom. The Morgan fingerprint density at radius 3 is 2.51 bits per heavy atom. The lowest BCUT2D eigenvalue weighted by Gasteiger charge is -2.32. The van der Waals surface area contributed by atoms with E-state index in [-0.39, 0.29) is 18.9 Å². The summed E-state index contributed by atoms with van der Waals surface area (Å²) in [5.74, 6) is -0.496. The van der Waals surface area contributed by atoms with E-state index in [1.807, 2.05) is 0 Å². The third-order valence-electron chi connectivity index (χ3n) is 6.82. The van der Waals surface area contributed by atoms with Gasteiger partial charge in [-0.3, -0.25) is 4.79 Å². The van der Waals surface area contributed by atoms with E-state index >= 15 is 0 Å². The number of aliphatic hydroxyl groups excluding tert-OH is 2. The molecule has 1 aliphatic rings. The topological polar surface area (TPSA) is 147 Å². The number of ether oxygens (including phenoxy) is 1. The van der Waals surface area contributed by atoms with E-state index in [0.29, 0.717) is 41.5 Å². The molecular weight excluding hydrogens is 538 g/mol. The van der Waals surface area contributed by atoms with Crippen molar-refractivity contribution in [3.05, 3.63) is 47.6 Å². The smallest absolute Gasteiger partial charge is 0.257 e. The molecule has 0 aliphatic carbocycles. The van der Waals surface area contributed by atoms with E-state index in [0.717, 1.165) is 50.9 Å². The van der Waals surface area contributed by atoms with Gasteiger partial charge in [0.1, 0.15) is 22.9 Å². The number of piperidine rings is 1. The molecule has 3 N–H and O–H groups in total. The fourth-order valence-corrected chi connectivity index (χ4v) is 4.60. The highest BCUT2D eigenvalue weighted by molar-refractivity contribution is 5.94. The number of hydrogen-bond acceptors (Lipinski definition) is 10. The van der Waals surface area contributed by atoms with Crippen LogP contribution in [0.5, 0.6) is 5.75 Å². The Bertz CT molecular complexity index is 1260. The monoisotopic (exact) mass is 574 g/mol. The number of benzene rings is 1. The molecule has 0 saturated carbocycles. The summed E-state index contributed by atoms with van der Waals surface area (Å²) in [6.45, 7) is 5.19. The number of aromatic nitrogens is 4. The molecule has 1 amide bonds. The van der Waals surface area contributed by atoms with Crippen LogP contribution in [0.1, 0.15) is 55.8 Å². The van der Waals surface area contributed by atoms with Crippen LogP contribution in [0, 0.1) is 23.5 Å². The van der Waals surface area contributed by atoms with Crippen LogP contribution in [0.25, 0.3) is 11.4 Å². The first kappa shape index (κ1) is 30.3. The number of rotatable bonds is 13. The van der Waals surface area contributed by atoms with Crippen molar-refractivity contribution in [1.82, 2.24) is 25.4 Å². The molecule has 3 aromatic rings. The van der Waals surface area contributed by atoms with Crippen molar-refractivity contribution in [3.63, 3.8) is 0 Å². The summed E-state index contributed by atoms with van der Waals surface area (Å²) in [5.41, 5.74) is -0.0589. The Hall–Kier alpha value is -3.71. The van der Waals surface area contributed by atoms with E-state index in [2.05, 4.69) is 44.2 Å². The average Bonchev–Trinajstić information content (AvgIpc) is 3.42. The van der Waals surface area contributed by atoms with Crippen LogP contribution in [0.4, 0.5) is 14.7 Å². The summed E-state index contributed by atoms with van der Waals surface area (Å²) in [6.07, 6.45) is 6.47. The summed E-state index contributed by atoms with van der Waals surface area (Å²) in [6, 6.07) is 1.93. The molecule has 222 valence electrons. The average molecular weight is 575 g/mol. The fourth-order valence-electron chi connectivity index (χ4n) is 4.60. The third kappa shape index (κ3) is 8.40. The lowest BCUT2D eigenvalue weighted by molar-refractivity contribution is 0.0796. The van der Waals surface area contributed by atoms with Gasteiger partial charge in [-0.25, -0.2) is 18.7 Å². The largest absolute Gasteiger partial charge is 0.493 e. The number of carbonyl (C=O) groups is 1. The molecule has 1 fully saturated rings. The number of anilines is 1. The van der Waals surface area contributed by atoms with E-state index < -0.39 is 35.8 Å². The van der Waals surface area contributed by atoms with Gasteiger partial charge in [0.25, 0.3) is 5.91 Å². The normalized spacial score (nSPS) is 14.9. The first-order valence-corrected chi connectivity index (χ1v) is 13.8. The van der Waals surface area contributed by atoms with Crippen molar-refractivity contribution in [1.29, 1.82) is 0 Å². The molecule has 1 saturated heterocycles. The first-order valence-electron chi connectivity index (χ1n) is 13.8. The molecule has 13 heteroatoms. The van der Waals surface area contributed by atoms with Gasteiger partial charge in [-0.15, -0.1) is 0 Å². The second-order valence-electron chi connectivity index (χ2n) is 10.6. The second kappa shape index (κ2) is 14.3. The highest BCUT2D eigenvalue weighted by atomic mass is 19.1. The highest BCUT2D eigenvalue weighted by Gasteiger charge is 2.22. The van der Waals surface area contributed by atoms with Crippen LogP contribution in [0.2, 0.25) is 0 Å².